The van der Waals surface area contributed by atoms with Crippen LogP contribution in [0.3, 0.4) is 0 Å². The molecule has 1 amide bonds. The van der Waals surface area contributed by atoms with E-state index < -0.39 is 59.0 Å². The van der Waals surface area contributed by atoms with E-state index in [-0.39, 0.29) is 34.5 Å². The van der Waals surface area contributed by atoms with Gasteiger partial charge in [0.25, 0.3) is 0 Å². The predicted molar refractivity (Wildman–Crippen MR) is 121 cm³/mol. The van der Waals surface area contributed by atoms with E-state index in [0.29, 0.717) is 23.8 Å². The smallest absolute Gasteiger partial charge is 0.431 e. The molecule has 1 fully saturated rings. The largest absolute Gasteiger partial charge is 0.461 e. The molecule has 196 valence electrons. The van der Waals surface area contributed by atoms with Crippen molar-refractivity contribution in [2.45, 2.75) is 55.0 Å². The zero-order valence-corrected chi connectivity index (χ0v) is 20.8. The monoisotopic (exact) mass is 551 g/mol. The molecule has 1 saturated heterocycles. The lowest BCUT2D eigenvalue weighted by atomic mass is 9.90. The number of carbonyl (C=O) groups excluding carboxylic acids is 4. The number of nitrogens with zero attached hydrogens (tertiary/aromatic N) is 1. The van der Waals surface area contributed by atoms with Gasteiger partial charge in [-0.15, -0.1) is 11.8 Å². The molecule has 2 heterocycles. The third kappa shape index (κ3) is 6.39. The van der Waals surface area contributed by atoms with E-state index in [1.165, 1.54) is 6.07 Å². The molecule has 0 aliphatic carbocycles. The second-order valence-corrected chi connectivity index (χ2v) is 9.90. The van der Waals surface area contributed by atoms with E-state index in [1.54, 1.807) is 6.92 Å². The molecular weight excluding hydrogens is 530 g/mol. The fourth-order valence-electron chi connectivity index (χ4n) is 3.72. The van der Waals surface area contributed by atoms with Gasteiger partial charge in [-0.25, -0.2) is 4.39 Å². The molecule has 0 spiro atoms. The predicted octanol–water partition coefficient (Wildman–Crippen LogP) is 4.24. The lowest BCUT2D eigenvalue weighted by molar-refractivity contribution is -0.152. The first kappa shape index (κ1) is 28.0. The maximum absolute atomic E-state index is 14.6. The highest BCUT2D eigenvalue weighted by atomic mass is 35.5. The van der Waals surface area contributed by atoms with Crippen molar-refractivity contribution in [1.82, 2.24) is 4.90 Å². The van der Waals surface area contributed by atoms with E-state index >= 15 is 0 Å². The van der Waals surface area contributed by atoms with Crippen molar-refractivity contribution in [2.24, 2.45) is 5.92 Å². The summed E-state index contributed by atoms with van der Waals surface area (Å²) in [4.78, 5) is 49.1. The second kappa shape index (κ2) is 11.2. The van der Waals surface area contributed by atoms with Crippen LogP contribution in [0.15, 0.2) is 28.8 Å². The normalized spacial score (nSPS) is 21.4. The second-order valence-electron chi connectivity index (χ2n) is 8.25. The average molecular weight is 552 g/mol. The molecule has 0 aromatic heterocycles. The molecule has 0 radical (unpaired) electrons. The summed E-state index contributed by atoms with van der Waals surface area (Å²) in [6.45, 7) is 1.61. The summed E-state index contributed by atoms with van der Waals surface area (Å²) in [5.41, 5.74) is -1.51. The van der Waals surface area contributed by atoms with Crippen LogP contribution < -0.4 is 0 Å². The number of rotatable bonds is 8. The lowest BCUT2D eigenvalue weighted by Gasteiger charge is -2.30. The topological polar surface area (TPSA) is 90.0 Å². The van der Waals surface area contributed by atoms with Crippen LogP contribution in [0.25, 0.3) is 0 Å². The summed E-state index contributed by atoms with van der Waals surface area (Å²) in [6, 6.07) is 2.22. The molecule has 0 saturated carbocycles. The molecule has 3 atom stereocenters. The Kier molecular flexibility index (Phi) is 8.71. The Hall–Kier alpha value is -2.60. The first-order valence-corrected chi connectivity index (χ1v) is 12.2. The summed E-state index contributed by atoms with van der Waals surface area (Å²) in [5.74, 6) is -5.56. The molecule has 13 heteroatoms. The number of allylic oxidation sites excluding steroid dienone is 2. The van der Waals surface area contributed by atoms with Crippen molar-refractivity contribution in [1.29, 1.82) is 0 Å². The molecule has 0 N–H and O–H groups in total. The SMILES string of the molecule is CCC(Sc1cc(CC2C(=O)C=C(C(F)(F)F)N(C)C2=O)c(F)cc1Cl)C(=O)OCC1CCC(=O)O1. The van der Waals surface area contributed by atoms with Gasteiger partial charge in [0.15, 0.2) is 5.78 Å². The Morgan fingerprint density at radius 3 is 2.58 bits per heavy atom. The quantitative estimate of drug-likeness (QED) is 0.207. The van der Waals surface area contributed by atoms with Gasteiger partial charge >= 0.3 is 18.1 Å². The number of carbonyl (C=O) groups is 4. The van der Waals surface area contributed by atoms with E-state index in [0.717, 1.165) is 24.9 Å². The van der Waals surface area contributed by atoms with Crippen molar-refractivity contribution in [3.63, 3.8) is 0 Å². The number of hydrogen-bond acceptors (Lipinski definition) is 7. The van der Waals surface area contributed by atoms with Crippen LogP contribution in [0.1, 0.15) is 31.7 Å². The summed E-state index contributed by atoms with van der Waals surface area (Å²) in [6.07, 6.45) is -4.57. The van der Waals surface area contributed by atoms with Gasteiger partial charge in [0.05, 0.1) is 5.02 Å². The number of thioether (sulfide) groups is 1. The number of ether oxygens (including phenoxy) is 2. The Bertz CT molecular complexity index is 1110. The number of benzene rings is 1. The van der Waals surface area contributed by atoms with Crippen LogP contribution in [0.2, 0.25) is 5.02 Å². The van der Waals surface area contributed by atoms with Crippen LogP contribution in [0.5, 0.6) is 0 Å². The molecule has 0 bridgehead atoms. The Labute approximate surface area is 213 Å². The summed E-state index contributed by atoms with van der Waals surface area (Å²) in [7, 11) is 0.893. The Morgan fingerprint density at radius 2 is 2.00 bits per heavy atom. The fourth-order valence-corrected chi connectivity index (χ4v) is 5.03. The fraction of sp³-hybridized carbons (Fsp3) is 0.478. The van der Waals surface area contributed by atoms with Gasteiger partial charge in [0.2, 0.25) is 5.91 Å². The standard InChI is InChI=1S/C23H22ClF4NO6S/c1-3-17(22(33)34-10-12-4-5-20(31)35-12)36-18-7-11(15(25)8-14(18)24)6-13-16(30)9-19(23(26,27)28)29(2)21(13)32/h7-9,12-13,17H,3-6,10H2,1-2H3. The minimum Gasteiger partial charge on any atom is -0.461 e. The number of halogens is 5. The summed E-state index contributed by atoms with van der Waals surface area (Å²) >= 11 is 7.12. The van der Waals surface area contributed by atoms with Gasteiger partial charge in [-0.05, 0) is 37.0 Å². The third-order valence-electron chi connectivity index (χ3n) is 5.71. The first-order chi connectivity index (χ1) is 16.8. The van der Waals surface area contributed by atoms with E-state index in [9.17, 15) is 36.7 Å². The summed E-state index contributed by atoms with van der Waals surface area (Å²) < 4.78 is 64.1. The van der Waals surface area contributed by atoms with Gasteiger partial charge in [-0.2, -0.15) is 13.2 Å². The lowest BCUT2D eigenvalue weighted by Crippen LogP contribution is -2.45. The van der Waals surface area contributed by atoms with Crippen LogP contribution in [0.4, 0.5) is 17.6 Å². The van der Waals surface area contributed by atoms with E-state index in [2.05, 4.69) is 0 Å². The van der Waals surface area contributed by atoms with Gasteiger partial charge in [-0.3, -0.25) is 19.2 Å². The molecule has 1 aromatic carbocycles. The molecule has 2 aliphatic heterocycles. The Morgan fingerprint density at radius 1 is 1.31 bits per heavy atom. The number of amides is 1. The summed E-state index contributed by atoms with van der Waals surface area (Å²) in [5, 5.41) is -0.783. The molecular formula is C23H22ClF4NO6S. The minimum atomic E-state index is -4.90. The van der Waals surface area contributed by atoms with Crippen molar-refractivity contribution < 1.29 is 46.2 Å². The first-order valence-electron chi connectivity index (χ1n) is 10.9. The van der Waals surface area contributed by atoms with Crippen LogP contribution in [-0.4, -0.2) is 59.7 Å². The molecule has 1 aromatic rings. The molecule has 7 nitrogen and oxygen atoms in total. The number of cyclic esters (lactones) is 1. The van der Waals surface area contributed by atoms with E-state index in [4.69, 9.17) is 21.1 Å². The van der Waals surface area contributed by atoms with E-state index in [1.807, 2.05) is 0 Å². The highest BCUT2D eigenvalue weighted by molar-refractivity contribution is 8.00. The van der Waals surface area contributed by atoms with Crippen molar-refractivity contribution >= 4 is 47.0 Å². The maximum Gasteiger partial charge on any atom is 0.431 e. The van der Waals surface area contributed by atoms with Gasteiger partial charge < -0.3 is 14.4 Å². The average Bonchev–Trinajstić information content (AvgIpc) is 3.22. The third-order valence-corrected chi connectivity index (χ3v) is 7.54. The Balaban J connectivity index is 1.75. The molecule has 3 rings (SSSR count). The molecule has 3 unspecified atom stereocenters. The minimum absolute atomic E-state index is 0.0325. The number of hydrogen-bond donors (Lipinski definition) is 0. The zero-order chi connectivity index (χ0) is 26.8. The highest BCUT2D eigenvalue weighted by Crippen LogP contribution is 2.37. The van der Waals surface area contributed by atoms with Crippen LogP contribution in [-0.2, 0) is 35.1 Å². The molecule has 36 heavy (non-hydrogen) atoms. The zero-order valence-electron chi connectivity index (χ0n) is 19.2. The van der Waals surface area contributed by atoms with Crippen LogP contribution in [0, 0.1) is 11.7 Å². The number of alkyl halides is 3. The number of esters is 2. The van der Waals surface area contributed by atoms with Crippen molar-refractivity contribution in [3.05, 3.63) is 40.3 Å². The maximum atomic E-state index is 14.6. The van der Waals surface area contributed by atoms with Gasteiger partial charge in [-0.1, -0.05) is 18.5 Å². The molecule has 2 aliphatic rings. The van der Waals surface area contributed by atoms with Crippen molar-refractivity contribution in [3.8, 4) is 0 Å². The van der Waals surface area contributed by atoms with Gasteiger partial charge in [0.1, 0.15) is 35.4 Å². The van der Waals surface area contributed by atoms with Gasteiger partial charge in [0, 0.05) is 24.4 Å². The van der Waals surface area contributed by atoms with Crippen LogP contribution >= 0.6 is 23.4 Å². The highest BCUT2D eigenvalue weighted by Gasteiger charge is 2.45. The number of ketones is 1. The van der Waals surface area contributed by atoms with Crippen molar-refractivity contribution in [2.75, 3.05) is 13.7 Å².